The molecule has 0 bridgehead atoms. The number of hydrogen-bond donors (Lipinski definition) is 1. The zero-order valence-electron chi connectivity index (χ0n) is 14.4. The van der Waals surface area contributed by atoms with E-state index >= 15 is 0 Å². The molecule has 1 amide bonds. The highest BCUT2D eigenvalue weighted by Crippen LogP contribution is 2.26. The van der Waals surface area contributed by atoms with Crippen LogP contribution in [-0.2, 0) is 17.6 Å². The first kappa shape index (κ1) is 17.0. The van der Waals surface area contributed by atoms with Gasteiger partial charge in [-0.2, -0.15) is 0 Å². The van der Waals surface area contributed by atoms with Gasteiger partial charge in [-0.25, -0.2) is 4.79 Å². The molecule has 1 aliphatic heterocycles. The predicted molar refractivity (Wildman–Crippen MR) is 94.1 cm³/mol. The number of methoxy groups -OCH3 is 1. The van der Waals surface area contributed by atoms with Crippen LogP contribution in [0.1, 0.15) is 38.8 Å². The number of benzene rings is 2. The molecule has 1 atom stereocenters. The lowest BCUT2D eigenvalue weighted by molar-refractivity contribution is 0.0600. The van der Waals surface area contributed by atoms with Gasteiger partial charge in [0.05, 0.1) is 19.3 Å². The van der Waals surface area contributed by atoms with Crippen molar-refractivity contribution in [2.75, 3.05) is 13.7 Å². The molecule has 0 spiro atoms. The van der Waals surface area contributed by atoms with Gasteiger partial charge in [-0.05, 0) is 54.8 Å². The minimum absolute atomic E-state index is 0.00634. The van der Waals surface area contributed by atoms with Crippen molar-refractivity contribution in [2.45, 2.75) is 25.8 Å². The zero-order valence-corrected chi connectivity index (χ0v) is 14.4. The van der Waals surface area contributed by atoms with E-state index in [0.29, 0.717) is 11.1 Å². The van der Waals surface area contributed by atoms with Crippen molar-refractivity contribution < 1.29 is 19.1 Å². The second-order valence-electron chi connectivity index (χ2n) is 6.19. The Kier molecular flexibility index (Phi) is 5.03. The van der Waals surface area contributed by atoms with Gasteiger partial charge in [-0.1, -0.05) is 12.1 Å². The number of carbonyl (C=O) groups is 2. The Bertz CT molecular complexity index is 783. The molecule has 2 aromatic rings. The summed E-state index contributed by atoms with van der Waals surface area (Å²) in [5.41, 5.74) is 3.35. The van der Waals surface area contributed by atoms with Gasteiger partial charge >= 0.3 is 5.97 Å². The molecule has 0 saturated carbocycles. The molecule has 1 heterocycles. The molecule has 1 N–H and O–H groups in total. The van der Waals surface area contributed by atoms with E-state index in [2.05, 4.69) is 16.1 Å². The summed E-state index contributed by atoms with van der Waals surface area (Å²) in [6, 6.07) is 12.6. The highest BCUT2D eigenvalue weighted by Gasteiger charge is 2.15. The number of hydrogen-bond acceptors (Lipinski definition) is 4. The molecule has 1 unspecified atom stereocenters. The highest BCUT2D eigenvalue weighted by molar-refractivity contribution is 5.96. The number of esters is 1. The number of carbonyl (C=O) groups excluding carboxylic acids is 2. The lowest BCUT2D eigenvalue weighted by atomic mass is 10.0. The molecule has 0 fully saturated rings. The molecule has 25 heavy (non-hydrogen) atoms. The van der Waals surface area contributed by atoms with Crippen molar-refractivity contribution in [1.29, 1.82) is 0 Å². The fraction of sp³-hybridized carbons (Fsp3) is 0.300. The zero-order chi connectivity index (χ0) is 17.8. The third kappa shape index (κ3) is 3.99. The van der Waals surface area contributed by atoms with Crippen LogP contribution in [0.3, 0.4) is 0 Å². The Morgan fingerprint density at radius 3 is 2.60 bits per heavy atom. The molecular formula is C20H21NO4. The van der Waals surface area contributed by atoms with Gasteiger partial charge in [0, 0.05) is 18.0 Å². The van der Waals surface area contributed by atoms with Crippen molar-refractivity contribution in [3.05, 3.63) is 64.7 Å². The predicted octanol–water partition coefficient (Wildman–Crippen LogP) is 2.77. The fourth-order valence-electron chi connectivity index (χ4n) is 2.95. The minimum Gasteiger partial charge on any atom is -0.493 e. The monoisotopic (exact) mass is 339 g/mol. The van der Waals surface area contributed by atoms with E-state index in [1.807, 2.05) is 19.1 Å². The summed E-state index contributed by atoms with van der Waals surface area (Å²) in [5, 5.41) is 2.99. The van der Waals surface area contributed by atoms with Gasteiger partial charge in [-0.15, -0.1) is 0 Å². The first-order valence-corrected chi connectivity index (χ1v) is 8.30. The van der Waals surface area contributed by atoms with Gasteiger partial charge in [0.25, 0.3) is 5.91 Å². The van der Waals surface area contributed by atoms with E-state index < -0.39 is 5.97 Å². The second-order valence-corrected chi connectivity index (χ2v) is 6.19. The van der Waals surface area contributed by atoms with E-state index in [9.17, 15) is 9.59 Å². The maximum Gasteiger partial charge on any atom is 0.337 e. The van der Waals surface area contributed by atoms with E-state index in [1.165, 1.54) is 18.2 Å². The molecule has 5 nitrogen and oxygen atoms in total. The maximum absolute atomic E-state index is 12.3. The Morgan fingerprint density at radius 2 is 1.88 bits per heavy atom. The molecule has 0 radical (unpaired) electrons. The van der Waals surface area contributed by atoms with Crippen LogP contribution in [0.25, 0.3) is 0 Å². The van der Waals surface area contributed by atoms with Crippen LogP contribution in [0.4, 0.5) is 0 Å². The van der Waals surface area contributed by atoms with E-state index in [0.717, 1.165) is 25.2 Å². The average molecular weight is 339 g/mol. The Morgan fingerprint density at radius 1 is 1.16 bits per heavy atom. The molecule has 0 aromatic heterocycles. The second kappa shape index (κ2) is 7.38. The highest BCUT2D eigenvalue weighted by atomic mass is 16.5. The minimum atomic E-state index is -0.416. The van der Waals surface area contributed by atoms with Crippen LogP contribution in [0.5, 0.6) is 5.75 Å². The number of fused-ring (bicyclic) bond motifs is 1. The standard InChI is InChI=1S/C20H21NO4/c1-13(11-14-3-8-18-17(12-14)9-10-25-18)21-19(22)15-4-6-16(7-5-15)20(23)24-2/h3-8,12-13H,9-11H2,1-2H3,(H,21,22). The van der Waals surface area contributed by atoms with Crippen LogP contribution < -0.4 is 10.1 Å². The fourth-order valence-corrected chi connectivity index (χ4v) is 2.95. The molecular weight excluding hydrogens is 318 g/mol. The third-order valence-electron chi connectivity index (χ3n) is 4.24. The summed E-state index contributed by atoms with van der Waals surface area (Å²) < 4.78 is 10.2. The van der Waals surface area contributed by atoms with Crippen molar-refractivity contribution in [3.63, 3.8) is 0 Å². The summed E-state index contributed by atoms with van der Waals surface area (Å²) in [6.45, 7) is 2.72. The molecule has 130 valence electrons. The molecule has 1 aliphatic rings. The third-order valence-corrected chi connectivity index (χ3v) is 4.24. The van der Waals surface area contributed by atoms with Gasteiger partial charge in [0.1, 0.15) is 5.75 Å². The Hall–Kier alpha value is -2.82. The maximum atomic E-state index is 12.3. The topological polar surface area (TPSA) is 64.6 Å². The quantitative estimate of drug-likeness (QED) is 0.851. The molecule has 5 heteroatoms. The number of rotatable bonds is 5. The van der Waals surface area contributed by atoms with Crippen LogP contribution in [0.2, 0.25) is 0 Å². The SMILES string of the molecule is COC(=O)c1ccc(C(=O)NC(C)Cc2ccc3c(c2)CCO3)cc1. The van der Waals surface area contributed by atoms with E-state index in [1.54, 1.807) is 24.3 Å². The van der Waals surface area contributed by atoms with Crippen molar-refractivity contribution >= 4 is 11.9 Å². The summed E-state index contributed by atoms with van der Waals surface area (Å²) in [4.78, 5) is 23.8. The lowest BCUT2D eigenvalue weighted by Crippen LogP contribution is -2.34. The van der Waals surface area contributed by atoms with Crippen LogP contribution in [0.15, 0.2) is 42.5 Å². The number of amides is 1. The summed E-state index contributed by atoms with van der Waals surface area (Å²) in [5.74, 6) is 0.389. The van der Waals surface area contributed by atoms with Crippen molar-refractivity contribution in [2.24, 2.45) is 0 Å². The van der Waals surface area contributed by atoms with Gasteiger partial charge in [0.2, 0.25) is 0 Å². The summed E-state index contributed by atoms with van der Waals surface area (Å²) in [6.07, 6.45) is 1.69. The smallest absolute Gasteiger partial charge is 0.337 e. The Labute approximate surface area is 147 Å². The molecule has 2 aromatic carbocycles. The first-order chi connectivity index (χ1) is 12.1. The Balaban J connectivity index is 1.59. The number of nitrogens with one attached hydrogen (secondary N) is 1. The molecule has 0 saturated heterocycles. The lowest BCUT2D eigenvalue weighted by Gasteiger charge is -2.15. The summed E-state index contributed by atoms with van der Waals surface area (Å²) in [7, 11) is 1.33. The van der Waals surface area contributed by atoms with Crippen LogP contribution in [0, 0.1) is 0 Å². The number of ether oxygens (including phenoxy) is 2. The normalized spacial score (nSPS) is 13.5. The van der Waals surface area contributed by atoms with E-state index in [4.69, 9.17) is 4.74 Å². The van der Waals surface area contributed by atoms with Crippen LogP contribution >= 0.6 is 0 Å². The molecule has 3 rings (SSSR count). The molecule has 0 aliphatic carbocycles. The van der Waals surface area contributed by atoms with Crippen LogP contribution in [-0.4, -0.2) is 31.6 Å². The van der Waals surface area contributed by atoms with Gasteiger partial charge < -0.3 is 14.8 Å². The van der Waals surface area contributed by atoms with E-state index in [-0.39, 0.29) is 11.9 Å². The average Bonchev–Trinajstić information content (AvgIpc) is 3.08. The van der Waals surface area contributed by atoms with Crippen molar-refractivity contribution in [1.82, 2.24) is 5.32 Å². The first-order valence-electron chi connectivity index (χ1n) is 8.30. The van der Waals surface area contributed by atoms with Gasteiger partial charge in [-0.3, -0.25) is 4.79 Å². The van der Waals surface area contributed by atoms with Gasteiger partial charge in [0.15, 0.2) is 0 Å². The summed E-state index contributed by atoms with van der Waals surface area (Å²) >= 11 is 0. The largest absolute Gasteiger partial charge is 0.493 e. The van der Waals surface area contributed by atoms with Crippen molar-refractivity contribution in [3.8, 4) is 5.75 Å².